The Morgan fingerprint density at radius 3 is 2.74 bits per heavy atom. The number of nitrogens with one attached hydrogen (secondary N) is 2. The monoisotopic (exact) mass is 357 g/mol. The molecule has 27 heavy (non-hydrogen) atoms. The first-order valence-corrected chi connectivity index (χ1v) is 9.23. The van der Waals surface area contributed by atoms with Crippen LogP contribution in [0.3, 0.4) is 0 Å². The first-order valence-electron chi connectivity index (χ1n) is 9.23. The number of anilines is 1. The van der Waals surface area contributed by atoms with Crippen LogP contribution in [0.5, 0.6) is 0 Å². The van der Waals surface area contributed by atoms with Crippen molar-refractivity contribution >= 4 is 27.9 Å². The van der Waals surface area contributed by atoms with Gasteiger partial charge < -0.3 is 14.9 Å². The smallest absolute Gasteiger partial charge is 0.139 e. The molecule has 0 spiro atoms. The molecule has 2 N–H and O–H groups in total. The van der Waals surface area contributed by atoms with Crippen molar-refractivity contribution in [3.63, 3.8) is 0 Å². The summed E-state index contributed by atoms with van der Waals surface area (Å²) in [4.78, 5) is 16.5. The Labute approximate surface area is 156 Å². The summed E-state index contributed by atoms with van der Waals surface area (Å²) in [7, 11) is 0. The lowest BCUT2D eigenvalue weighted by molar-refractivity contribution is 0.340. The molecule has 0 amide bonds. The van der Waals surface area contributed by atoms with Gasteiger partial charge in [-0.2, -0.15) is 5.26 Å². The van der Waals surface area contributed by atoms with Crippen LogP contribution in [0.2, 0.25) is 0 Å². The number of fused-ring (bicyclic) bond motifs is 3. The van der Waals surface area contributed by atoms with Gasteiger partial charge in [-0.3, -0.25) is 0 Å². The van der Waals surface area contributed by atoms with E-state index in [1.807, 2.05) is 24.8 Å². The van der Waals surface area contributed by atoms with Gasteiger partial charge in [0.25, 0.3) is 0 Å². The average molecular weight is 357 g/mol. The van der Waals surface area contributed by atoms with E-state index < -0.39 is 0 Å². The number of nitriles is 1. The first-order chi connectivity index (χ1) is 13.3. The lowest BCUT2D eigenvalue weighted by atomic mass is 9.91. The normalized spacial score (nSPS) is 20.0. The van der Waals surface area contributed by atoms with E-state index in [2.05, 4.69) is 42.0 Å². The molecule has 1 aliphatic rings. The number of imidazole rings is 1. The molecule has 0 aromatic carbocycles. The second-order valence-corrected chi connectivity index (χ2v) is 7.08. The Kier molecular flexibility index (Phi) is 3.75. The molecule has 7 heteroatoms. The highest BCUT2D eigenvalue weighted by Gasteiger charge is 2.24. The van der Waals surface area contributed by atoms with Gasteiger partial charge in [-0.25, -0.2) is 15.0 Å². The Hall–Kier alpha value is -3.40. The summed E-state index contributed by atoms with van der Waals surface area (Å²) in [5.74, 6) is 0.839. The van der Waals surface area contributed by atoms with Crippen LogP contribution in [0, 0.1) is 11.3 Å². The maximum absolute atomic E-state index is 8.87. The molecule has 0 unspecified atom stereocenters. The van der Waals surface area contributed by atoms with Gasteiger partial charge >= 0.3 is 0 Å². The largest absolute Gasteiger partial charge is 0.367 e. The van der Waals surface area contributed by atoms with Crippen molar-refractivity contribution in [1.82, 2.24) is 24.5 Å². The Morgan fingerprint density at radius 2 is 1.96 bits per heavy atom. The highest BCUT2D eigenvalue weighted by atomic mass is 15.1. The molecule has 4 aromatic rings. The van der Waals surface area contributed by atoms with Crippen LogP contribution in [0.25, 0.3) is 22.1 Å². The molecule has 0 bridgehead atoms. The number of hydrogen-bond donors (Lipinski definition) is 2. The quantitative estimate of drug-likeness (QED) is 0.582. The molecule has 0 saturated heterocycles. The molecule has 0 aliphatic heterocycles. The maximum atomic E-state index is 8.87. The van der Waals surface area contributed by atoms with Gasteiger partial charge in [0.2, 0.25) is 0 Å². The summed E-state index contributed by atoms with van der Waals surface area (Å²) in [6, 6.07) is 8.71. The summed E-state index contributed by atoms with van der Waals surface area (Å²) >= 11 is 0. The van der Waals surface area contributed by atoms with Crippen LogP contribution >= 0.6 is 0 Å². The summed E-state index contributed by atoms with van der Waals surface area (Å²) in [5, 5.41) is 13.5. The van der Waals surface area contributed by atoms with Crippen LogP contribution in [-0.4, -0.2) is 30.5 Å². The molecule has 0 radical (unpaired) electrons. The van der Waals surface area contributed by atoms with Crippen molar-refractivity contribution < 1.29 is 0 Å². The highest BCUT2D eigenvalue weighted by molar-refractivity contribution is 6.00. The minimum atomic E-state index is 0.408. The van der Waals surface area contributed by atoms with Crippen molar-refractivity contribution in [2.75, 3.05) is 5.32 Å². The molecule has 1 aliphatic carbocycles. The summed E-state index contributed by atoms with van der Waals surface area (Å²) in [6.45, 7) is 0. The lowest BCUT2D eigenvalue weighted by Crippen LogP contribution is -2.27. The van der Waals surface area contributed by atoms with Crippen molar-refractivity contribution in [1.29, 1.82) is 5.26 Å². The van der Waals surface area contributed by atoms with Crippen molar-refractivity contribution in [3.05, 3.63) is 48.7 Å². The van der Waals surface area contributed by atoms with Gasteiger partial charge in [0.05, 0.1) is 23.6 Å². The summed E-state index contributed by atoms with van der Waals surface area (Å²) in [5.41, 5.74) is 3.61. The molecule has 134 valence electrons. The molecular formula is C20H19N7. The van der Waals surface area contributed by atoms with Gasteiger partial charge in [0.15, 0.2) is 0 Å². The lowest BCUT2D eigenvalue weighted by Gasteiger charge is -2.30. The SMILES string of the molecule is N#Cc1ccc(NC2CCC(n3cnc4cnc5[nH]ccc5c43)CC2)nc1. The Balaban J connectivity index is 1.32. The maximum Gasteiger partial charge on any atom is 0.139 e. The number of aromatic nitrogens is 5. The van der Waals surface area contributed by atoms with E-state index in [0.717, 1.165) is 48.1 Å². The first kappa shape index (κ1) is 15.8. The third kappa shape index (κ3) is 2.79. The number of nitrogens with zero attached hydrogens (tertiary/aromatic N) is 5. The fourth-order valence-electron chi connectivity index (χ4n) is 4.06. The predicted octanol–water partition coefficient (Wildman–Crippen LogP) is 3.78. The average Bonchev–Trinajstić information content (AvgIpc) is 3.35. The van der Waals surface area contributed by atoms with E-state index in [9.17, 15) is 0 Å². The summed E-state index contributed by atoms with van der Waals surface area (Å²) in [6.07, 6.45) is 11.7. The van der Waals surface area contributed by atoms with E-state index in [1.54, 1.807) is 12.3 Å². The summed E-state index contributed by atoms with van der Waals surface area (Å²) < 4.78 is 2.32. The fourth-order valence-corrected chi connectivity index (χ4v) is 4.06. The molecule has 5 rings (SSSR count). The minimum Gasteiger partial charge on any atom is -0.367 e. The zero-order valence-electron chi connectivity index (χ0n) is 14.8. The molecular weight excluding hydrogens is 338 g/mol. The van der Waals surface area contributed by atoms with Crippen LogP contribution in [-0.2, 0) is 0 Å². The van der Waals surface area contributed by atoms with Crippen molar-refractivity contribution in [2.45, 2.75) is 37.8 Å². The molecule has 7 nitrogen and oxygen atoms in total. The van der Waals surface area contributed by atoms with Gasteiger partial charge in [0.1, 0.15) is 23.1 Å². The number of hydrogen-bond acceptors (Lipinski definition) is 5. The third-order valence-corrected chi connectivity index (χ3v) is 5.45. The zero-order chi connectivity index (χ0) is 18.2. The standard InChI is InChI=1S/C20H19N7/c21-9-13-1-6-18(23-10-13)26-14-2-4-15(5-3-14)27-12-25-17-11-24-20-16(19(17)27)7-8-22-20/h1,6-8,10-12,14-15H,2-5H2,(H,22,24)(H,23,26). The second-order valence-electron chi connectivity index (χ2n) is 7.08. The Bertz CT molecular complexity index is 1120. The van der Waals surface area contributed by atoms with Gasteiger partial charge in [-0.15, -0.1) is 0 Å². The molecule has 4 heterocycles. The van der Waals surface area contributed by atoms with E-state index in [0.29, 0.717) is 17.6 Å². The van der Waals surface area contributed by atoms with Gasteiger partial charge in [-0.1, -0.05) is 0 Å². The molecule has 0 atom stereocenters. The van der Waals surface area contributed by atoms with E-state index >= 15 is 0 Å². The third-order valence-electron chi connectivity index (χ3n) is 5.45. The van der Waals surface area contributed by atoms with Gasteiger partial charge in [-0.05, 0) is 43.9 Å². The van der Waals surface area contributed by atoms with Crippen molar-refractivity contribution in [3.8, 4) is 6.07 Å². The number of aromatic amines is 1. The highest BCUT2D eigenvalue weighted by Crippen LogP contribution is 2.34. The number of rotatable bonds is 3. The van der Waals surface area contributed by atoms with Crippen LogP contribution in [0.4, 0.5) is 5.82 Å². The zero-order valence-corrected chi connectivity index (χ0v) is 14.8. The van der Waals surface area contributed by atoms with Gasteiger partial charge in [0, 0.05) is 29.9 Å². The van der Waals surface area contributed by atoms with Crippen LogP contribution in [0.15, 0.2) is 43.1 Å². The fraction of sp³-hybridized carbons (Fsp3) is 0.300. The minimum absolute atomic E-state index is 0.408. The Morgan fingerprint density at radius 1 is 1.07 bits per heavy atom. The van der Waals surface area contributed by atoms with E-state index in [-0.39, 0.29) is 0 Å². The van der Waals surface area contributed by atoms with Crippen LogP contribution < -0.4 is 5.32 Å². The topological polar surface area (TPSA) is 95.2 Å². The molecule has 1 saturated carbocycles. The molecule has 4 aromatic heterocycles. The van der Waals surface area contributed by atoms with E-state index in [1.165, 1.54) is 5.52 Å². The second kappa shape index (κ2) is 6.40. The number of H-pyrrole nitrogens is 1. The number of pyridine rings is 2. The molecule has 1 fully saturated rings. The van der Waals surface area contributed by atoms with E-state index in [4.69, 9.17) is 5.26 Å². The van der Waals surface area contributed by atoms with Crippen molar-refractivity contribution in [2.24, 2.45) is 0 Å². The predicted molar refractivity (Wildman–Crippen MR) is 103 cm³/mol. The van der Waals surface area contributed by atoms with Crippen LogP contribution in [0.1, 0.15) is 37.3 Å².